The average molecular weight is 146 g/mol. The molecule has 1 heterocycles. The van der Waals surface area contributed by atoms with Crippen LogP contribution in [0, 0.1) is 5.92 Å². The van der Waals surface area contributed by atoms with Crippen molar-refractivity contribution in [1.29, 1.82) is 0 Å². The summed E-state index contributed by atoms with van der Waals surface area (Å²) in [7, 11) is 0. The molecule has 9 heavy (non-hydrogen) atoms. The lowest BCUT2D eigenvalue weighted by atomic mass is 10.2. The topological polar surface area (TPSA) is 29.3 Å². The van der Waals surface area contributed by atoms with Gasteiger partial charge in [-0.05, 0) is 11.7 Å². The highest BCUT2D eigenvalue weighted by atomic mass is 32.2. The van der Waals surface area contributed by atoms with Crippen LogP contribution in [0.2, 0.25) is 0 Å². The Morgan fingerprint density at radius 3 is 3.22 bits per heavy atom. The number of hydrogen-bond donors (Lipinski definition) is 1. The molecule has 1 aliphatic rings. The molecule has 0 saturated carbocycles. The van der Waals surface area contributed by atoms with Crippen LogP contribution in [0.25, 0.3) is 0 Å². The molecule has 54 valence electrons. The van der Waals surface area contributed by atoms with Crippen molar-refractivity contribution in [3.63, 3.8) is 0 Å². The molecular weight excluding hydrogens is 132 g/mol. The minimum absolute atomic E-state index is 0.766. The summed E-state index contributed by atoms with van der Waals surface area (Å²) in [6, 6.07) is 0. The lowest BCUT2D eigenvalue weighted by Gasteiger charge is -2.14. The van der Waals surface area contributed by atoms with Gasteiger partial charge in [0.25, 0.3) is 0 Å². The van der Waals surface area contributed by atoms with E-state index in [1.807, 2.05) is 16.8 Å². The molecule has 2 nitrogen and oxygen atoms in total. The number of hydrogen-bond acceptors (Lipinski definition) is 3. The highest BCUT2D eigenvalue weighted by molar-refractivity contribution is 7.99. The van der Waals surface area contributed by atoms with Crippen molar-refractivity contribution in [2.24, 2.45) is 11.8 Å². The van der Waals surface area contributed by atoms with Crippen molar-refractivity contribution in [2.45, 2.75) is 6.92 Å². The highest BCUT2D eigenvalue weighted by Gasteiger charge is 2.10. The van der Waals surface area contributed by atoms with Crippen LogP contribution in [0.4, 0.5) is 0 Å². The fourth-order valence-electron chi connectivity index (χ4n) is 1.01. The summed E-state index contributed by atoms with van der Waals surface area (Å²) in [5.41, 5.74) is 0. The second-order valence-electron chi connectivity index (χ2n) is 2.68. The van der Waals surface area contributed by atoms with E-state index in [0.29, 0.717) is 0 Å². The van der Waals surface area contributed by atoms with Crippen LogP contribution >= 0.6 is 11.8 Å². The fourth-order valence-corrected chi connectivity index (χ4v) is 2.05. The molecule has 0 radical (unpaired) electrons. The zero-order valence-corrected chi connectivity index (χ0v) is 6.66. The fraction of sp³-hybridized carbons (Fsp3) is 1.00. The Morgan fingerprint density at radius 2 is 2.44 bits per heavy atom. The maximum atomic E-state index is 5.65. The first-order valence-corrected chi connectivity index (χ1v) is 4.52. The van der Waals surface area contributed by atoms with Crippen LogP contribution in [0.1, 0.15) is 6.92 Å². The Morgan fingerprint density at radius 1 is 1.67 bits per heavy atom. The predicted molar refractivity (Wildman–Crippen MR) is 42.2 cm³/mol. The molecular formula is C6H14N2S. The lowest BCUT2D eigenvalue weighted by Crippen LogP contribution is -2.35. The quantitative estimate of drug-likeness (QED) is 0.506. The van der Waals surface area contributed by atoms with E-state index >= 15 is 0 Å². The molecule has 1 aliphatic heterocycles. The molecule has 0 amide bonds. The van der Waals surface area contributed by atoms with Gasteiger partial charge in [0.1, 0.15) is 0 Å². The van der Waals surface area contributed by atoms with Gasteiger partial charge < -0.3 is 0 Å². The van der Waals surface area contributed by atoms with Gasteiger partial charge in [0, 0.05) is 18.8 Å². The number of nitrogens with two attached hydrogens (primary N) is 1. The van der Waals surface area contributed by atoms with Crippen LogP contribution in [0.5, 0.6) is 0 Å². The number of nitrogens with zero attached hydrogens (tertiary/aromatic N) is 1. The summed E-state index contributed by atoms with van der Waals surface area (Å²) < 4.78 is 0. The Labute approximate surface area is 60.8 Å². The molecule has 2 N–H and O–H groups in total. The molecule has 0 spiro atoms. The Bertz CT molecular complexity index is 77.1. The SMILES string of the molecule is CC1CSCCN(N)C1. The zero-order valence-electron chi connectivity index (χ0n) is 5.84. The molecule has 0 aromatic rings. The van der Waals surface area contributed by atoms with Gasteiger partial charge in [0.2, 0.25) is 0 Å². The second-order valence-corrected chi connectivity index (χ2v) is 3.82. The van der Waals surface area contributed by atoms with Crippen molar-refractivity contribution in [2.75, 3.05) is 24.6 Å². The maximum absolute atomic E-state index is 5.65. The van der Waals surface area contributed by atoms with E-state index in [4.69, 9.17) is 5.84 Å². The van der Waals surface area contributed by atoms with Gasteiger partial charge in [-0.25, -0.2) is 5.01 Å². The molecule has 0 aliphatic carbocycles. The molecule has 0 aromatic heterocycles. The van der Waals surface area contributed by atoms with E-state index in [1.54, 1.807) is 0 Å². The van der Waals surface area contributed by atoms with E-state index in [9.17, 15) is 0 Å². The average Bonchev–Trinajstić information content (AvgIpc) is 1.93. The summed E-state index contributed by atoms with van der Waals surface area (Å²) in [6.45, 7) is 4.36. The number of hydrazine groups is 1. The van der Waals surface area contributed by atoms with Crippen molar-refractivity contribution in [1.82, 2.24) is 5.01 Å². The van der Waals surface area contributed by atoms with Crippen LogP contribution in [0.3, 0.4) is 0 Å². The van der Waals surface area contributed by atoms with Crippen LogP contribution in [-0.4, -0.2) is 29.6 Å². The summed E-state index contributed by atoms with van der Waals surface area (Å²) in [6.07, 6.45) is 0. The molecule has 1 fully saturated rings. The smallest absolute Gasteiger partial charge is 0.0219 e. The first kappa shape index (κ1) is 7.38. The highest BCUT2D eigenvalue weighted by Crippen LogP contribution is 2.12. The minimum Gasteiger partial charge on any atom is -0.269 e. The first-order valence-electron chi connectivity index (χ1n) is 3.36. The summed E-state index contributed by atoms with van der Waals surface area (Å²) in [5.74, 6) is 8.88. The third kappa shape index (κ3) is 2.56. The monoisotopic (exact) mass is 146 g/mol. The van der Waals surface area contributed by atoms with Gasteiger partial charge in [-0.15, -0.1) is 0 Å². The van der Waals surface area contributed by atoms with E-state index in [2.05, 4.69) is 6.92 Å². The van der Waals surface area contributed by atoms with Crippen molar-refractivity contribution in [3.8, 4) is 0 Å². The Kier molecular flexibility index (Phi) is 2.82. The molecule has 1 atom stereocenters. The Balaban J connectivity index is 2.29. The molecule has 3 heteroatoms. The standard InChI is InChI=1S/C6H14N2S/c1-6-4-8(7)2-3-9-5-6/h6H,2-5,7H2,1H3. The van der Waals surface area contributed by atoms with Gasteiger partial charge in [-0.3, -0.25) is 5.84 Å². The van der Waals surface area contributed by atoms with Crippen LogP contribution in [0.15, 0.2) is 0 Å². The van der Waals surface area contributed by atoms with Crippen molar-refractivity contribution >= 4 is 11.8 Å². The van der Waals surface area contributed by atoms with Crippen LogP contribution < -0.4 is 5.84 Å². The largest absolute Gasteiger partial charge is 0.269 e. The van der Waals surface area contributed by atoms with Gasteiger partial charge in [-0.1, -0.05) is 6.92 Å². The lowest BCUT2D eigenvalue weighted by molar-refractivity contribution is 0.273. The third-order valence-electron chi connectivity index (χ3n) is 1.47. The van der Waals surface area contributed by atoms with E-state index in [1.165, 1.54) is 11.5 Å². The molecule has 0 aromatic carbocycles. The number of rotatable bonds is 0. The summed E-state index contributed by atoms with van der Waals surface area (Å²) in [5, 5.41) is 1.92. The molecule has 0 bridgehead atoms. The second kappa shape index (κ2) is 3.44. The normalized spacial score (nSPS) is 32.0. The predicted octanol–water partition coefficient (Wildman–Crippen LogP) is 0.545. The third-order valence-corrected chi connectivity index (χ3v) is 2.75. The maximum Gasteiger partial charge on any atom is 0.0219 e. The van der Waals surface area contributed by atoms with Gasteiger partial charge in [0.05, 0.1) is 0 Å². The summed E-state index contributed by atoms with van der Waals surface area (Å²) >= 11 is 2.01. The van der Waals surface area contributed by atoms with Gasteiger partial charge in [0.15, 0.2) is 0 Å². The van der Waals surface area contributed by atoms with E-state index in [0.717, 1.165) is 19.0 Å². The van der Waals surface area contributed by atoms with Gasteiger partial charge in [-0.2, -0.15) is 11.8 Å². The number of thioether (sulfide) groups is 1. The van der Waals surface area contributed by atoms with Crippen molar-refractivity contribution in [3.05, 3.63) is 0 Å². The minimum atomic E-state index is 0.766. The van der Waals surface area contributed by atoms with Crippen LogP contribution in [-0.2, 0) is 0 Å². The van der Waals surface area contributed by atoms with E-state index < -0.39 is 0 Å². The molecule has 1 rings (SSSR count). The molecule has 1 saturated heterocycles. The zero-order chi connectivity index (χ0) is 6.69. The summed E-state index contributed by atoms with van der Waals surface area (Å²) in [4.78, 5) is 0. The molecule has 1 unspecified atom stereocenters. The first-order chi connectivity index (χ1) is 4.29. The van der Waals surface area contributed by atoms with Gasteiger partial charge >= 0.3 is 0 Å². The van der Waals surface area contributed by atoms with Crippen molar-refractivity contribution < 1.29 is 0 Å². The van der Waals surface area contributed by atoms with E-state index in [-0.39, 0.29) is 0 Å². The Hall–Kier alpha value is 0.270.